The lowest BCUT2D eigenvalue weighted by Gasteiger charge is -2.34. The molecule has 1 N–H and O–H groups in total. The van der Waals surface area contributed by atoms with Crippen LogP contribution in [0.1, 0.15) is 20.7 Å². The van der Waals surface area contributed by atoms with Gasteiger partial charge in [-0.25, -0.2) is 12.8 Å². The third kappa shape index (κ3) is 5.10. The highest BCUT2D eigenvalue weighted by Gasteiger charge is 2.30. The van der Waals surface area contributed by atoms with E-state index >= 15 is 0 Å². The average Bonchev–Trinajstić information content (AvgIpc) is 2.84. The Hall–Kier alpha value is -3.56. The molecule has 0 atom stereocenters. The highest BCUT2D eigenvalue weighted by molar-refractivity contribution is 7.89. The summed E-state index contributed by atoms with van der Waals surface area (Å²) in [7, 11) is -3.82. The normalized spacial score (nSPS) is 14.6. The van der Waals surface area contributed by atoms with Crippen LogP contribution >= 0.6 is 0 Å². The van der Waals surface area contributed by atoms with Gasteiger partial charge in [-0.3, -0.25) is 9.59 Å². The predicted molar refractivity (Wildman–Crippen MR) is 122 cm³/mol. The molecule has 0 bridgehead atoms. The van der Waals surface area contributed by atoms with Crippen molar-refractivity contribution in [1.82, 2.24) is 9.21 Å². The number of hydrogen-bond acceptors (Lipinski definition) is 4. The van der Waals surface area contributed by atoms with Gasteiger partial charge in [-0.1, -0.05) is 30.3 Å². The predicted octanol–water partition coefficient (Wildman–Crippen LogP) is 3.22. The zero-order chi connectivity index (χ0) is 23.4. The molecule has 2 amide bonds. The van der Waals surface area contributed by atoms with Crippen molar-refractivity contribution in [2.45, 2.75) is 4.90 Å². The van der Waals surface area contributed by atoms with Crippen LogP contribution in [0.4, 0.5) is 10.1 Å². The van der Waals surface area contributed by atoms with E-state index in [2.05, 4.69) is 5.32 Å². The first-order chi connectivity index (χ1) is 15.8. The summed E-state index contributed by atoms with van der Waals surface area (Å²) >= 11 is 0. The van der Waals surface area contributed by atoms with E-state index in [1.807, 2.05) is 6.07 Å². The Morgan fingerprint density at radius 3 is 2.15 bits per heavy atom. The van der Waals surface area contributed by atoms with Gasteiger partial charge in [-0.05, 0) is 48.5 Å². The maximum atomic E-state index is 13.4. The van der Waals surface area contributed by atoms with Crippen molar-refractivity contribution in [3.8, 4) is 0 Å². The second-order valence-corrected chi connectivity index (χ2v) is 9.49. The Morgan fingerprint density at radius 2 is 1.45 bits per heavy atom. The number of amides is 2. The van der Waals surface area contributed by atoms with E-state index < -0.39 is 21.7 Å². The number of nitrogens with one attached hydrogen (secondary N) is 1. The quantitative estimate of drug-likeness (QED) is 0.624. The minimum atomic E-state index is -3.82. The van der Waals surface area contributed by atoms with Gasteiger partial charge >= 0.3 is 0 Å². The Kier molecular flexibility index (Phi) is 6.52. The summed E-state index contributed by atoms with van der Waals surface area (Å²) in [6, 6.07) is 20.0. The summed E-state index contributed by atoms with van der Waals surface area (Å²) in [4.78, 5) is 26.6. The van der Waals surface area contributed by atoms with Gasteiger partial charge in [0.15, 0.2) is 0 Å². The molecule has 1 fully saturated rings. The molecule has 0 aromatic heterocycles. The van der Waals surface area contributed by atoms with E-state index in [-0.39, 0.29) is 48.2 Å². The van der Waals surface area contributed by atoms with Crippen LogP contribution in [0.3, 0.4) is 0 Å². The van der Waals surface area contributed by atoms with Crippen molar-refractivity contribution in [3.05, 3.63) is 95.8 Å². The summed E-state index contributed by atoms with van der Waals surface area (Å²) in [5, 5.41) is 2.60. The van der Waals surface area contributed by atoms with Crippen molar-refractivity contribution in [2.75, 3.05) is 31.5 Å². The molecule has 1 saturated heterocycles. The van der Waals surface area contributed by atoms with E-state index in [0.29, 0.717) is 5.56 Å². The molecule has 3 aromatic rings. The lowest BCUT2D eigenvalue weighted by molar-refractivity contribution is 0.0698. The molecule has 170 valence electrons. The van der Waals surface area contributed by atoms with Gasteiger partial charge in [0.25, 0.3) is 11.8 Å². The lowest BCUT2D eigenvalue weighted by Crippen LogP contribution is -2.50. The number of piperazine rings is 1. The number of sulfonamides is 1. The first-order valence-electron chi connectivity index (χ1n) is 10.4. The van der Waals surface area contributed by atoms with Crippen LogP contribution in [-0.4, -0.2) is 55.6 Å². The van der Waals surface area contributed by atoms with Crippen LogP contribution in [0.5, 0.6) is 0 Å². The van der Waals surface area contributed by atoms with Gasteiger partial charge in [0.2, 0.25) is 10.0 Å². The number of benzene rings is 3. The molecule has 0 saturated carbocycles. The number of halogens is 1. The standard InChI is InChI=1S/C24H22FN3O4S/c25-20-9-4-8-19(16-20)23(29)26-21-10-5-11-22(17-21)33(31,32)28-14-12-27(13-15-28)24(30)18-6-2-1-3-7-18/h1-11,16-17H,12-15H2,(H,26,29). The summed E-state index contributed by atoms with van der Waals surface area (Å²) in [5.41, 5.74) is 0.973. The minimum Gasteiger partial charge on any atom is -0.336 e. The molecular formula is C24H22FN3O4S. The van der Waals surface area contributed by atoms with Crippen LogP contribution in [-0.2, 0) is 10.0 Å². The largest absolute Gasteiger partial charge is 0.336 e. The van der Waals surface area contributed by atoms with Crippen LogP contribution in [0, 0.1) is 5.82 Å². The van der Waals surface area contributed by atoms with Crippen LogP contribution in [0.2, 0.25) is 0 Å². The van der Waals surface area contributed by atoms with Gasteiger partial charge in [0.05, 0.1) is 4.90 Å². The lowest BCUT2D eigenvalue weighted by atomic mass is 10.2. The Balaban J connectivity index is 1.44. The molecule has 33 heavy (non-hydrogen) atoms. The first kappa shape index (κ1) is 22.6. The monoisotopic (exact) mass is 467 g/mol. The van der Waals surface area contributed by atoms with Crippen LogP contribution < -0.4 is 5.32 Å². The molecule has 9 heteroatoms. The highest BCUT2D eigenvalue weighted by Crippen LogP contribution is 2.22. The molecule has 4 rings (SSSR count). The van der Waals surface area contributed by atoms with Crippen LogP contribution in [0.25, 0.3) is 0 Å². The fourth-order valence-corrected chi connectivity index (χ4v) is 5.08. The topological polar surface area (TPSA) is 86.8 Å². The van der Waals surface area contributed by atoms with Crippen molar-refractivity contribution in [3.63, 3.8) is 0 Å². The SMILES string of the molecule is O=C(Nc1cccc(S(=O)(=O)N2CCN(C(=O)c3ccccc3)CC2)c1)c1cccc(F)c1. The highest BCUT2D eigenvalue weighted by atomic mass is 32.2. The maximum Gasteiger partial charge on any atom is 0.255 e. The molecule has 0 radical (unpaired) electrons. The molecule has 1 aliphatic heterocycles. The van der Waals surface area contributed by atoms with E-state index in [1.165, 1.54) is 40.7 Å². The summed E-state index contributed by atoms with van der Waals surface area (Å²) in [6.07, 6.45) is 0. The number of carbonyl (C=O) groups is 2. The zero-order valence-electron chi connectivity index (χ0n) is 17.6. The molecular weight excluding hydrogens is 445 g/mol. The van der Waals surface area contributed by atoms with Gasteiger partial charge in [0.1, 0.15) is 5.82 Å². The second kappa shape index (κ2) is 9.51. The Labute approximate surface area is 191 Å². The van der Waals surface area contributed by atoms with Crippen molar-refractivity contribution in [1.29, 1.82) is 0 Å². The number of hydrogen-bond donors (Lipinski definition) is 1. The van der Waals surface area contributed by atoms with Gasteiger partial charge in [-0.15, -0.1) is 0 Å². The Bertz CT molecular complexity index is 1270. The fourth-order valence-electron chi connectivity index (χ4n) is 3.61. The first-order valence-corrected chi connectivity index (χ1v) is 11.8. The zero-order valence-corrected chi connectivity index (χ0v) is 18.5. The third-order valence-corrected chi connectivity index (χ3v) is 7.26. The average molecular weight is 468 g/mol. The molecule has 1 heterocycles. The second-order valence-electron chi connectivity index (χ2n) is 7.55. The minimum absolute atomic E-state index is 0.0300. The molecule has 0 spiro atoms. The van der Waals surface area contributed by atoms with Crippen LogP contribution in [0.15, 0.2) is 83.8 Å². The molecule has 7 nitrogen and oxygen atoms in total. The maximum absolute atomic E-state index is 13.4. The summed E-state index contributed by atoms with van der Waals surface area (Å²) in [6.45, 7) is 0.896. The van der Waals surface area contributed by atoms with Gasteiger partial charge in [0, 0.05) is 43.0 Å². The van der Waals surface area contributed by atoms with Gasteiger partial charge < -0.3 is 10.2 Å². The smallest absolute Gasteiger partial charge is 0.255 e. The molecule has 0 unspecified atom stereocenters. The molecule has 1 aliphatic rings. The molecule has 0 aliphatic carbocycles. The van der Waals surface area contributed by atoms with Crippen molar-refractivity contribution < 1.29 is 22.4 Å². The van der Waals surface area contributed by atoms with Crippen molar-refractivity contribution in [2.24, 2.45) is 0 Å². The number of nitrogens with zero attached hydrogens (tertiary/aromatic N) is 2. The van der Waals surface area contributed by atoms with E-state index in [0.717, 1.165) is 6.07 Å². The summed E-state index contributed by atoms with van der Waals surface area (Å²) in [5.74, 6) is -1.21. The summed E-state index contributed by atoms with van der Waals surface area (Å²) < 4.78 is 41.0. The Morgan fingerprint density at radius 1 is 0.788 bits per heavy atom. The van der Waals surface area contributed by atoms with E-state index in [4.69, 9.17) is 0 Å². The van der Waals surface area contributed by atoms with E-state index in [1.54, 1.807) is 35.2 Å². The van der Waals surface area contributed by atoms with E-state index in [9.17, 15) is 22.4 Å². The van der Waals surface area contributed by atoms with Crippen molar-refractivity contribution >= 4 is 27.5 Å². The number of anilines is 1. The van der Waals surface area contributed by atoms with Gasteiger partial charge in [-0.2, -0.15) is 4.31 Å². The fraction of sp³-hybridized carbons (Fsp3) is 0.167. The number of rotatable bonds is 5. The number of carbonyl (C=O) groups excluding carboxylic acids is 2. The third-order valence-electron chi connectivity index (χ3n) is 5.36. The molecule has 3 aromatic carbocycles.